The van der Waals surface area contributed by atoms with Gasteiger partial charge in [0.1, 0.15) is 0 Å². The first-order valence-electron chi connectivity index (χ1n) is 5.61. The molecule has 84 valence electrons. The highest BCUT2D eigenvalue weighted by molar-refractivity contribution is 6.23. The van der Waals surface area contributed by atoms with Crippen molar-refractivity contribution in [1.82, 2.24) is 5.06 Å². The molecule has 0 bridgehead atoms. The van der Waals surface area contributed by atoms with Crippen molar-refractivity contribution in [3.05, 3.63) is 0 Å². The fourth-order valence-electron chi connectivity index (χ4n) is 1.84. The van der Waals surface area contributed by atoms with Crippen molar-refractivity contribution in [2.75, 3.05) is 13.2 Å². The molecular weight excluding hydrogens is 198 g/mol. The van der Waals surface area contributed by atoms with Gasteiger partial charge in [0, 0.05) is 12.6 Å². The summed E-state index contributed by atoms with van der Waals surface area (Å²) in [7, 11) is 0. The number of nitrogens with zero attached hydrogens (tertiary/aromatic N) is 1. The van der Waals surface area contributed by atoms with E-state index in [0.717, 1.165) is 6.54 Å². The Bertz CT molecular complexity index is 167. The first kappa shape index (κ1) is 12.3. The molecule has 1 heterocycles. The average molecular weight is 220 g/mol. The summed E-state index contributed by atoms with van der Waals surface area (Å²) in [5.74, 6) is 0. The average Bonchev–Trinajstić information content (AvgIpc) is 2.48. The van der Waals surface area contributed by atoms with Crippen molar-refractivity contribution in [3.63, 3.8) is 0 Å². The van der Waals surface area contributed by atoms with Crippen LogP contribution < -0.4 is 0 Å². The van der Waals surface area contributed by atoms with Gasteiger partial charge < -0.3 is 0 Å². The van der Waals surface area contributed by atoms with Gasteiger partial charge in [-0.2, -0.15) is 5.06 Å². The van der Waals surface area contributed by atoms with E-state index in [0.29, 0.717) is 12.6 Å². The molecule has 0 aromatic heterocycles. The zero-order valence-electron chi connectivity index (χ0n) is 9.55. The number of hydrogen-bond donors (Lipinski definition) is 0. The first-order chi connectivity index (χ1) is 6.53. The zero-order valence-corrected chi connectivity index (χ0v) is 10.3. The molecule has 0 aliphatic carbocycles. The summed E-state index contributed by atoms with van der Waals surface area (Å²) in [4.78, 5) is 5.48. The summed E-state index contributed by atoms with van der Waals surface area (Å²) < 4.78 is 0. The molecular formula is C11H22ClNO. The monoisotopic (exact) mass is 219 g/mol. The van der Waals surface area contributed by atoms with Gasteiger partial charge in [-0.3, -0.25) is 4.84 Å². The van der Waals surface area contributed by atoms with Gasteiger partial charge in [0.05, 0.1) is 11.5 Å². The Morgan fingerprint density at radius 1 is 1.50 bits per heavy atom. The molecule has 1 atom stereocenters. The molecule has 0 spiro atoms. The lowest BCUT2D eigenvalue weighted by Gasteiger charge is -2.26. The number of hydroxylamine groups is 2. The number of rotatable bonds is 5. The predicted molar refractivity (Wildman–Crippen MR) is 60.5 cm³/mol. The molecule has 1 aliphatic heterocycles. The van der Waals surface area contributed by atoms with Crippen LogP contribution in [0, 0.1) is 0 Å². The van der Waals surface area contributed by atoms with Gasteiger partial charge in [-0.15, -0.1) is 11.6 Å². The van der Waals surface area contributed by atoms with Gasteiger partial charge in [-0.05, 0) is 33.1 Å². The van der Waals surface area contributed by atoms with Gasteiger partial charge in [0.15, 0.2) is 0 Å². The number of halogens is 1. The molecule has 1 rings (SSSR count). The standard InChI is InChI=1S/C11H22ClNO/c1-4-6-10-7-5-8-13(10)14-9-11(2,3)12/h10H,4-9H2,1-3H3. The second-order valence-corrected chi connectivity index (χ2v) is 5.74. The lowest BCUT2D eigenvalue weighted by molar-refractivity contribution is -0.174. The quantitative estimate of drug-likeness (QED) is 0.659. The summed E-state index contributed by atoms with van der Waals surface area (Å²) in [5, 5.41) is 2.13. The van der Waals surface area contributed by atoms with Crippen molar-refractivity contribution in [2.45, 2.75) is 57.4 Å². The van der Waals surface area contributed by atoms with Crippen LogP contribution in [0.5, 0.6) is 0 Å². The van der Waals surface area contributed by atoms with Gasteiger partial charge >= 0.3 is 0 Å². The largest absolute Gasteiger partial charge is 0.297 e. The molecule has 2 nitrogen and oxygen atoms in total. The van der Waals surface area contributed by atoms with Crippen molar-refractivity contribution >= 4 is 11.6 Å². The molecule has 14 heavy (non-hydrogen) atoms. The molecule has 0 amide bonds. The fraction of sp³-hybridized carbons (Fsp3) is 1.00. The van der Waals surface area contributed by atoms with Gasteiger partial charge in [0.25, 0.3) is 0 Å². The minimum atomic E-state index is -0.251. The smallest absolute Gasteiger partial charge is 0.0871 e. The summed E-state index contributed by atoms with van der Waals surface area (Å²) in [6.07, 6.45) is 5.00. The Labute approximate surface area is 92.5 Å². The highest BCUT2D eigenvalue weighted by Crippen LogP contribution is 2.23. The third kappa shape index (κ3) is 4.16. The molecule has 0 aromatic carbocycles. The molecule has 1 unspecified atom stereocenters. The topological polar surface area (TPSA) is 12.5 Å². The second kappa shape index (κ2) is 5.34. The van der Waals surface area contributed by atoms with E-state index >= 15 is 0 Å². The maximum Gasteiger partial charge on any atom is 0.0871 e. The van der Waals surface area contributed by atoms with E-state index in [4.69, 9.17) is 16.4 Å². The summed E-state index contributed by atoms with van der Waals surface area (Å²) >= 11 is 6.08. The van der Waals surface area contributed by atoms with Gasteiger partial charge in [-0.25, -0.2) is 0 Å². The maximum absolute atomic E-state index is 6.08. The Balaban J connectivity index is 2.29. The lowest BCUT2D eigenvalue weighted by Crippen LogP contribution is -2.34. The van der Waals surface area contributed by atoms with Crippen LogP contribution in [0.3, 0.4) is 0 Å². The Kier molecular flexibility index (Phi) is 4.68. The minimum Gasteiger partial charge on any atom is -0.297 e. The molecule has 0 saturated carbocycles. The number of alkyl halides is 1. The molecule has 1 fully saturated rings. The summed E-state index contributed by atoms with van der Waals surface area (Å²) in [6.45, 7) is 7.87. The SMILES string of the molecule is CCCC1CCCN1OCC(C)(C)Cl. The second-order valence-electron chi connectivity index (χ2n) is 4.72. The molecule has 0 N–H and O–H groups in total. The van der Waals surface area contributed by atoms with Crippen LogP contribution in [-0.2, 0) is 4.84 Å². The molecule has 3 heteroatoms. The van der Waals surface area contributed by atoms with Crippen molar-refractivity contribution < 1.29 is 4.84 Å². The van der Waals surface area contributed by atoms with Crippen LogP contribution in [0.1, 0.15) is 46.5 Å². The van der Waals surface area contributed by atoms with Gasteiger partial charge in [-0.1, -0.05) is 13.3 Å². The Morgan fingerprint density at radius 2 is 2.21 bits per heavy atom. The zero-order chi connectivity index (χ0) is 10.6. The fourth-order valence-corrected chi connectivity index (χ4v) is 1.89. The highest BCUT2D eigenvalue weighted by atomic mass is 35.5. The third-order valence-electron chi connectivity index (χ3n) is 2.52. The highest BCUT2D eigenvalue weighted by Gasteiger charge is 2.26. The number of hydrogen-bond acceptors (Lipinski definition) is 2. The van der Waals surface area contributed by atoms with Gasteiger partial charge in [0.2, 0.25) is 0 Å². The minimum absolute atomic E-state index is 0.251. The summed E-state index contributed by atoms with van der Waals surface area (Å²) in [5.41, 5.74) is 0. The normalized spacial score (nSPS) is 24.4. The Morgan fingerprint density at radius 3 is 2.79 bits per heavy atom. The third-order valence-corrected chi connectivity index (χ3v) is 2.63. The molecule has 0 aromatic rings. The van der Waals surface area contributed by atoms with Crippen LogP contribution in [0.2, 0.25) is 0 Å². The van der Waals surface area contributed by atoms with Crippen molar-refractivity contribution in [3.8, 4) is 0 Å². The van der Waals surface area contributed by atoms with Crippen LogP contribution >= 0.6 is 11.6 Å². The molecule has 1 aliphatic rings. The van der Waals surface area contributed by atoms with Crippen molar-refractivity contribution in [2.24, 2.45) is 0 Å². The van der Waals surface area contributed by atoms with Crippen molar-refractivity contribution in [1.29, 1.82) is 0 Å². The van der Waals surface area contributed by atoms with E-state index < -0.39 is 0 Å². The molecule has 0 radical (unpaired) electrons. The van der Waals surface area contributed by atoms with E-state index in [1.807, 2.05) is 13.8 Å². The predicted octanol–water partition coefficient (Wildman–Crippen LogP) is 3.20. The van der Waals surface area contributed by atoms with E-state index in [-0.39, 0.29) is 4.87 Å². The van der Waals surface area contributed by atoms with Crippen LogP contribution in [0.15, 0.2) is 0 Å². The lowest BCUT2D eigenvalue weighted by atomic mass is 10.1. The maximum atomic E-state index is 6.08. The first-order valence-corrected chi connectivity index (χ1v) is 5.99. The Hall–Kier alpha value is 0.210. The van der Waals surface area contributed by atoms with E-state index in [1.54, 1.807) is 0 Å². The van der Waals surface area contributed by atoms with Crippen LogP contribution in [0.25, 0.3) is 0 Å². The molecule has 1 saturated heterocycles. The summed E-state index contributed by atoms with van der Waals surface area (Å²) in [6, 6.07) is 0.624. The van der Waals surface area contributed by atoms with Crippen LogP contribution in [0.4, 0.5) is 0 Å². The van der Waals surface area contributed by atoms with E-state index in [1.165, 1.54) is 25.7 Å². The van der Waals surface area contributed by atoms with E-state index in [9.17, 15) is 0 Å². The van der Waals surface area contributed by atoms with E-state index in [2.05, 4.69) is 12.0 Å². The van der Waals surface area contributed by atoms with Crippen LogP contribution in [-0.4, -0.2) is 29.1 Å².